The van der Waals surface area contributed by atoms with E-state index < -0.39 is 0 Å². The summed E-state index contributed by atoms with van der Waals surface area (Å²) in [4.78, 5) is 4.13. The van der Waals surface area contributed by atoms with Crippen molar-refractivity contribution < 1.29 is 9.15 Å². The first-order valence-electron chi connectivity index (χ1n) is 4.65. The van der Waals surface area contributed by atoms with Gasteiger partial charge in [-0.25, -0.2) is 4.98 Å². The van der Waals surface area contributed by atoms with Crippen LogP contribution in [0.5, 0.6) is 0 Å². The van der Waals surface area contributed by atoms with Gasteiger partial charge in [0.15, 0.2) is 0 Å². The maximum absolute atomic E-state index is 5.25. The number of aromatic nitrogens is 1. The highest BCUT2D eigenvalue weighted by atomic mass is 16.5. The third-order valence-electron chi connectivity index (χ3n) is 2.26. The van der Waals surface area contributed by atoms with E-state index in [1.165, 1.54) is 5.57 Å². The fourth-order valence-corrected chi connectivity index (χ4v) is 1.54. The van der Waals surface area contributed by atoms with E-state index in [0.717, 1.165) is 12.3 Å². The van der Waals surface area contributed by atoms with Crippen molar-refractivity contribution in [1.29, 1.82) is 0 Å². The van der Waals surface area contributed by atoms with Crippen LogP contribution in [-0.2, 0) is 4.74 Å². The van der Waals surface area contributed by atoms with Gasteiger partial charge in [-0.2, -0.15) is 0 Å². The minimum absolute atomic E-state index is 0.283. The monoisotopic (exact) mass is 191 g/mol. The molecule has 0 aromatic carbocycles. The third kappa shape index (κ3) is 1.93. The van der Waals surface area contributed by atoms with Crippen LogP contribution in [0.4, 0.5) is 0 Å². The van der Waals surface area contributed by atoms with Crippen molar-refractivity contribution >= 4 is 0 Å². The maximum Gasteiger partial charge on any atom is 0.201 e. The molecule has 14 heavy (non-hydrogen) atoms. The molecule has 3 heteroatoms. The molecule has 1 aliphatic carbocycles. The van der Waals surface area contributed by atoms with Gasteiger partial charge in [-0.15, -0.1) is 0 Å². The molecule has 0 saturated carbocycles. The van der Waals surface area contributed by atoms with Gasteiger partial charge in [0.1, 0.15) is 6.26 Å². The second-order valence-electron chi connectivity index (χ2n) is 3.28. The molecule has 1 aromatic rings. The Kier molecular flexibility index (Phi) is 2.79. The summed E-state index contributed by atoms with van der Waals surface area (Å²) >= 11 is 0. The number of nitrogens with zero attached hydrogens (tertiary/aromatic N) is 1. The van der Waals surface area contributed by atoms with Gasteiger partial charge in [-0.1, -0.05) is 18.2 Å². The van der Waals surface area contributed by atoms with Crippen LogP contribution in [0.2, 0.25) is 0 Å². The Bertz CT molecular complexity index is 338. The maximum atomic E-state index is 5.25. The van der Waals surface area contributed by atoms with E-state index >= 15 is 0 Å². The highest BCUT2D eigenvalue weighted by Gasteiger charge is 2.14. The topological polar surface area (TPSA) is 35.3 Å². The number of rotatable bonds is 3. The third-order valence-corrected chi connectivity index (χ3v) is 2.26. The highest BCUT2D eigenvalue weighted by Crippen LogP contribution is 2.25. The first-order chi connectivity index (χ1) is 6.90. The second-order valence-corrected chi connectivity index (χ2v) is 3.28. The molecule has 0 N–H and O–H groups in total. The fraction of sp³-hybridized carbons (Fsp3) is 0.364. The minimum atomic E-state index is 0.283. The molecule has 1 aromatic heterocycles. The van der Waals surface area contributed by atoms with Crippen molar-refractivity contribution in [3.05, 3.63) is 42.2 Å². The molecular weight excluding hydrogens is 178 g/mol. The summed E-state index contributed by atoms with van der Waals surface area (Å²) in [5.74, 6) is 1.07. The van der Waals surface area contributed by atoms with E-state index in [0.29, 0.717) is 6.61 Å². The smallest absolute Gasteiger partial charge is 0.201 e. The zero-order valence-electron chi connectivity index (χ0n) is 8.14. The van der Waals surface area contributed by atoms with Crippen LogP contribution in [-0.4, -0.2) is 18.7 Å². The summed E-state index contributed by atoms with van der Waals surface area (Å²) in [7, 11) is 1.70. The largest absolute Gasteiger partial charge is 0.448 e. The summed E-state index contributed by atoms with van der Waals surface area (Å²) in [5.41, 5.74) is 1.22. The van der Waals surface area contributed by atoms with E-state index in [1.807, 2.05) is 0 Å². The van der Waals surface area contributed by atoms with E-state index in [2.05, 4.69) is 23.2 Å². The van der Waals surface area contributed by atoms with Crippen molar-refractivity contribution in [2.24, 2.45) is 0 Å². The molecule has 2 rings (SSSR count). The fourth-order valence-electron chi connectivity index (χ4n) is 1.54. The van der Waals surface area contributed by atoms with Crippen LogP contribution in [0, 0.1) is 0 Å². The normalized spacial score (nSPS) is 20.9. The zero-order valence-corrected chi connectivity index (χ0v) is 8.14. The van der Waals surface area contributed by atoms with E-state index in [9.17, 15) is 0 Å². The lowest BCUT2D eigenvalue weighted by Crippen LogP contribution is -2.01. The Hall–Kier alpha value is -1.35. The highest BCUT2D eigenvalue weighted by molar-refractivity contribution is 5.27. The summed E-state index contributed by atoms with van der Waals surface area (Å²) in [6.45, 7) is 0.675. The molecular formula is C11H13NO2. The predicted molar refractivity (Wildman–Crippen MR) is 53.0 cm³/mol. The molecule has 74 valence electrons. The van der Waals surface area contributed by atoms with Gasteiger partial charge >= 0.3 is 0 Å². The molecule has 1 aliphatic rings. The number of allylic oxidation sites excluding steroid dienone is 2. The standard InChI is InChI=1S/C11H13NO2/c1-13-8-9-2-4-10(5-3-9)11-12-6-7-14-11/h2-4,6-7,10H,5,8H2,1H3. The van der Waals surface area contributed by atoms with Crippen LogP contribution < -0.4 is 0 Å². The van der Waals surface area contributed by atoms with Crippen molar-refractivity contribution in [2.45, 2.75) is 12.3 Å². The molecule has 0 bridgehead atoms. The van der Waals surface area contributed by atoms with Crippen LogP contribution in [0.1, 0.15) is 18.2 Å². The number of methoxy groups -OCH3 is 1. The van der Waals surface area contributed by atoms with Crippen molar-refractivity contribution in [2.75, 3.05) is 13.7 Å². The molecule has 1 atom stereocenters. The van der Waals surface area contributed by atoms with Crippen molar-refractivity contribution in [3.8, 4) is 0 Å². The van der Waals surface area contributed by atoms with Crippen LogP contribution in [0.15, 0.2) is 40.7 Å². The molecule has 1 heterocycles. The number of hydrogen-bond acceptors (Lipinski definition) is 3. The summed E-state index contributed by atoms with van der Waals surface area (Å²) in [5, 5.41) is 0. The predicted octanol–water partition coefficient (Wildman–Crippen LogP) is 2.29. The molecule has 1 unspecified atom stereocenters. The Balaban J connectivity index is 2.01. The zero-order chi connectivity index (χ0) is 9.80. The van der Waals surface area contributed by atoms with E-state index in [-0.39, 0.29) is 5.92 Å². The molecule has 0 radical (unpaired) electrons. The molecule has 0 fully saturated rings. The summed E-state index contributed by atoms with van der Waals surface area (Å²) in [6, 6.07) is 0. The lowest BCUT2D eigenvalue weighted by atomic mass is 9.97. The van der Waals surface area contributed by atoms with Gasteiger partial charge in [-0.3, -0.25) is 0 Å². The molecule has 0 amide bonds. The lowest BCUT2D eigenvalue weighted by molar-refractivity contribution is 0.227. The second kappa shape index (κ2) is 4.24. The lowest BCUT2D eigenvalue weighted by Gasteiger charge is -2.12. The van der Waals surface area contributed by atoms with Gasteiger partial charge in [0.2, 0.25) is 5.89 Å². The van der Waals surface area contributed by atoms with Crippen LogP contribution in [0.25, 0.3) is 0 Å². The number of oxazole rings is 1. The first-order valence-corrected chi connectivity index (χ1v) is 4.65. The molecule has 3 nitrogen and oxygen atoms in total. The molecule has 0 spiro atoms. The van der Waals surface area contributed by atoms with Gasteiger partial charge in [-0.05, 0) is 12.0 Å². The Morgan fingerprint density at radius 3 is 3.14 bits per heavy atom. The molecule has 0 aliphatic heterocycles. The SMILES string of the molecule is COCC1=CCC(c2ncco2)C=C1. The van der Waals surface area contributed by atoms with E-state index in [4.69, 9.17) is 9.15 Å². The van der Waals surface area contributed by atoms with E-state index in [1.54, 1.807) is 19.6 Å². The van der Waals surface area contributed by atoms with Crippen LogP contribution >= 0.6 is 0 Å². The minimum Gasteiger partial charge on any atom is -0.448 e. The van der Waals surface area contributed by atoms with Gasteiger partial charge in [0, 0.05) is 7.11 Å². The summed E-state index contributed by atoms with van der Waals surface area (Å²) in [6.07, 6.45) is 10.6. The van der Waals surface area contributed by atoms with Gasteiger partial charge in [0.25, 0.3) is 0 Å². The number of ether oxygens (including phenoxy) is 1. The molecule has 0 saturated heterocycles. The van der Waals surface area contributed by atoms with Crippen molar-refractivity contribution in [1.82, 2.24) is 4.98 Å². The first kappa shape index (κ1) is 9.21. The average molecular weight is 191 g/mol. The van der Waals surface area contributed by atoms with Crippen molar-refractivity contribution in [3.63, 3.8) is 0 Å². The Morgan fingerprint density at radius 1 is 1.64 bits per heavy atom. The Labute approximate surface area is 83.1 Å². The Morgan fingerprint density at radius 2 is 2.57 bits per heavy atom. The summed E-state index contributed by atoms with van der Waals surface area (Å²) < 4.78 is 10.3. The van der Waals surface area contributed by atoms with Crippen LogP contribution in [0.3, 0.4) is 0 Å². The quantitative estimate of drug-likeness (QED) is 0.735. The number of hydrogen-bond donors (Lipinski definition) is 0. The average Bonchev–Trinajstić information content (AvgIpc) is 2.72. The van der Waals surface area contributed by atoms with Gasteiger partial charge < -0.3 is 9.15 Å². The van der Waals surface area contributed by atoms with Gasteiger partial charge in [0.05, 0.1) is 18.7 Å².